The average molecular weight is 168 g/mol. The summed E-state index contributed by atoms with van der Waals surface area (Å²) in [5, 5.41) is 0. The van der Waals surface area contributed by atoms with Crippen LogP contribution in [-0.4, -0.2) is 6.54 Å². The van der Waals surface area contributed by atoms with Gasteiger partial charge in [0.05, 0.1) is 0 Å². The largest absolute Gasteiger partial charge is 0.425 e. The van der Waals surface area contributed by atoms with Crippen LogP contribution < -0.4 is 0 Å². The predicted octanol–water partition coefficient (Wildman–Crippen LogP) is 2.26. The standard InChI is InChI=1S/C9H9FO2/c1-6-2-4-7-8(5-3-6)12-9(10)11-7/h2-6,9H,1H3. The maximum absolute atomic E-state index is 12.5. The second-order valence-electron chi connectivity index (χ2n) is 2.82. The molecular formula is C9H9FO2. The number of ether oxygens (including phenoxy) is 2. The summed E-state index contributed by atoms with van der Waals surface area (Å²) in [6, 6.07) is 0. The smallest absolute Gasteiger partial charge is 0.397 e. The van der Waals surface area contributed by atoms with Crippen molar-refractivity contribution in [1.29, 1.82) is 0 Å². The van der Waals surface area contributed by atoms with Crippen molar-refractivity contribution in [2.45, 2.75) is 13.5 Å². The van der Waals surface area contributed by atoms with Gasteiger partial charge in [0, 0.05) is 0 Å². The van der Waals surface area contributed by atoms with Gasteiger partial charge < -0.3 is 9.47 Å². The third kappa shape index (κ3) is 1.22. The molecule has 0 saturated carbocycles. The van der Waals surface area contributed by atoms with E-state index >= 15 is 0 Å². The van der Waals surface area contributed by atoms with Gasteiger partial charge in [-0.25, -0.2) is 0 Å². The van der Waals surface area contributed by atoms with E-state index in [1.807, 2.05) is 19.1 Å². The molecule has 0 unspecified atom stereocenters. The number of hydrogen-bond donors (Lipinski definition) is 0. The molecule has 1 heterocycles. The minimum atomic E-state index is -1.64. The summed E-state index contributed by atoms with van der Waals surface area (Å²) in [6.07, 6.45) is 7.33. The molecule has 0 fully saturated rings. The first-order valence-corrected chi connectivity index (χ1v) is 3.84. The maximum Gasteiger partial charge on any atom is 0.397 e. The summed E-state index contributed by atoms with van der Waals surface area (Å²) in [6.45, 7) is 0.389. The Labute approximate surface area is 70.0 Å². The van der Waals surface area contributed by atoms with Gasteiger partial charge in [-0.2, -0.15) is 4.39 Å². The summed E-state index contributed by atoms with van der Waals surface area (Å²) in [7, 11) is 0. The van der Waals surface area contributed by atoms with Gasteiger partial charge in [-0.05, 0) is 18.1 Å². The van der Waals surface area contributed by atoms with E-state index in [-0.39, 0.29) is 0 Å². The minimum absolute atomic E-state index is 0.334. The van der Waals surface area contributed by atoms with Crippen LogP contribution in [0, 0.1) is 5.92 Å². The van der Waals surface area contributed by atoms with Gasteiger partial charge in [-0.3, -0.25) is 0 Å². The monoisotopic (exact) mass is 168 g/mol. The molecule has 0 aromatic carbocycles. The number of hydrogen-bond acceptors (Lipinski definition) is 2. The van der Waals surface area contributed by atoms with Crippen molar-refractivity contribution in [3.05, 3.63) is 35.8 Å². The zero-order valence-corrected chi connectivity index (χ0v) is 6.66. The number of halogens is 1. The third-order valence-corrected chi connectivity index (χ3v) is 1.78. The van der Waals surface area contributed by atoms with Gasteiger partial charge in [0.15, 0.2) is 11.5 Å². The molecule has 1 aliphatic heterocycles. The van der Waals surface area contributed by atoms with Crippen molar-refractivity contribution < 1.29 is 13.9 Å². The molecule has 0 spiro atoms. The van der Waals surface area contributed by atoms with Gasteiger partial charge in [0.2, 0.25) is 0 Å². The van der Waals surface area contributed by atoms with Gasteiger partial charge in [-0.15, -0.1) is 0 Å². The molecule has 3 heteroatoms. The number of rotatable bonds is 0. The summed E-state index contributed by atoms with van der Waals surface area (Å²) in [4.78, 5) is 0. The van der Waals surface area contributed by atoms with Crippen molar-refractivity contribution in [2.75, 3.05) is 0 Å². The zero-order chi connectivity index (χ0) is 8.55. The normalized spacial score (nSPS) is 23.5. The lowest BCUT2D eigenvalue weighted by atomic mass is 10.2. The van der Waals surface area contributed by atoms with Crippen molar-refractivity contribution >= 4 is 0 Å². The molecule has 0 radical (unpaired) electrons. The van der Waals surface area contributed by atoms with Gasteiger partial charge >= 0.3 is 6.54 Å². The Morgan fingerprint density at radius 1 is 1.17 bits per heavy atom. The first-order valence-electron chi connectivity index (χ1n) is 3.84. The van der Waals surface area contributed by atoms with E-state index in [9.17, 15) is 4.39 Å². The lowest BCUT2D eigenvalue weighted by molar-refractivity contribution is -0.132. The highest BCUT2D eigenvalue weighted by atomic mass is 19.2. The van der Waals surface area contributed by atoms with E-state index in [2.05, 4.69) is 0 Å². The lowest BCUT2D eigenvalue weighted by Gasteiger charge is -2.00. The fourth-order valence-electron chi connectivity index (χ4n) is 1.13. The van der Waals surface area contributed by atoms with Crippen molar-refractivity contribution in [1.82, 2.24) is 0 Å². The zero-order valence-electron chi connectivity index (χ0n) is 6.66. The Bertz CT molecular complexity index is 252. The molecule has 0 aromatic rings. The van der Waals surface area contributed by atoms with Crippen LogP contribution in [0.1, 0.15) is 6.92 Å². The van der Waals surface area contributed by atoms with Crippen molar-refractivity contribution in [2.24, 2.45) is 5.92 Å². The predicted molar refractivity (Wildman–Crippen MR) is 41.5 cm³/mol. The van der Waals surface area contributed by atoms with Crippen molar-refractivity contribution in [3.63, 3.8) is 0 Å². The minimum Gasteiger partial charge on any atom is -0.425 e. The highest BCUT2D eigenvalue weighted by Gasteiger charge is 2.24. The maximum atomic E-state index is 12.5. The topological polar surface area (TPSA) is 18.5 Å². The van der Waals surface area contributed by atoms with Crippen LogP contribution >= 0.6 is 0 Å². The fraction of sp³-hybridized carbons (Fsp3) is 0.333. The van der Waals surface area contributed by atoms with E-state index in [1.54, 1.807) is 12.2 Å². The van der Waals surface area contributed by atoms with Crippen LogP contribution in [0.3, 0.4) is 0 Å². The third-order valence-electron chi connectivity index (χ3n) is 1.78. The number of allylic oxidation sites excluding steroid dienone is 4. The first kappa shape index (κ1) is 7.40. The molecule has 0 amide bonds. The molecule has 2 rings (SSSR count). The average Bonchev–Trinajstić information content (AvgIpc) is 2.31. The molecule has 0 N–H and O–H groups in total. The molecular weight excluding hydrogens is 159 g/mol. The Morgan fingerprint density at radius 2 is 1.67 bits per heavy atom. The molecule has 12 heavy (non-hydrogen) atoms. The first-order chi connectivity index (χ1) is 5.75. The van der Waals surface area contributed by atoms with E-state index in [1.165, 1.54) is 0 Å². The van der Waals surface area contributed by atoms with E-state index < -0.39 is 6.54 Å². The fourth-order valence-corrected chi connectivity index (χ4v) is 1.13. The molecule has 0 saturated heterocycles. The Balaban J connectivity index is 2.26. The van der Waals surface area contributed by atoms with E-state index in [0.29, 0.717) is 17.4 Å². The van der Waals surface area contributed by atoms with Crippen LogP contribution in [0.15, 0.2) is 35.8 Å². The molecule has 64 valence electrons. The van der Waals surface area contributed by atoms with Crippen LogP contribution in [0.2, 0.25) is 0 Å². The van der Waals surface area contributed by atoms with Crippen LogP contribution in [-0.2, 0) is 9.47 Å². The van der Waals surface area contributed by atoms with E-state index in [0.717, 1.165) is 0 Å². The summed E-state index contributed by atoms with van der Waals surface area (Å²) in [5.41, 5.74) is 0. The Kier molecular flexibility index (Phi) is 1.64. The Hall–Kier alpha value is -1.25. The molecule has 0 atom stereocenters. The quantitative estimate of drug-likeness (QED) is 0.552. The highest BCUT2D eigenvalue weighted by Crippen LogP contribution is 2.27. The summed E-state index contributed by atoms with van der Waals surface area (Å²) in [5.74, 6) is 1.28. The SMILES string of the molecule is CC1C=CC2=C(C=C1)OC(F)O2. The molecule has 0 bridgehead atoms. The van der Waals surface area contributed by atoms with E-state index in [4.69, 9.17) is 9.47 Å². The second kappa shape index (κ2) is 2.66. The lowest BCUT2D eigenvalue weighted by Crippen LogP contribution is -1.99. The number of alkyl halides is 1. The highest BCUT2D eigenvalue weighted by molar-refractivity contribution is 5.30. The van der Waals surface area contributed by atoms with Gasteiger partial charge in [-0.1, -0.05) is 19.1 Å². The van der Waals surface area contributed by atoms with Crippen molar-refractivity contribution in [3.8, 4) is 0 Å². The molecule has 1 aliphatic carbocycles. The summed E-state index contributed by atoms with van der Waals surface area (Å²) >= 11 is 0. The molecule has 0 aromatic heterocycles. The molecule has 2 aliphatic rings. The second-order valence-corrected chi connectivity index (χ2v) is 2.82. The molecule has 2 nitrogen and oxygen atoms in total. The van der Waals surface area contributed by atoms with Crippen LogP contribution in [0.25, 0.3) is 0 Å². The summed E-state index contributed by atoms with van der Waals surface area (Å²) < 4.78 is 22.0. The Morgan fingerprint density at radius 3 is 2.17 bits per heavy atom. The van der Waals surface area contributed by atoms with Crippen LogP contribution in [0.5, 0.6) is 0 Å². The van der Waals surface area contributed by atoms with Gasteiger partial charge in [0.1, 0.15) is 0 Å². The van der Waals surface area contributed by atoms with Crippen LogP contribution in [0.4, 0.5) is 4.39 Å². The van der Waals surface area contributed by atoms with Gasteiger partial charge in [0.25, 0.3) is 0 Å².